The summed E-state index contributed by atoms with van der Waals surface area (Å²) in [5, 5.41) is 8.53. The number of halogens is 1. The third kappa shape index (κ3) is 5.93. The summed E-state index contributed by atoms with van der Waals surface area (Å²) < 4.78 is 0. The van der Waals surface area contributed by atoms with E-state index in [0.717, 1.165) is 5.69 Å². The maximum atomic E-state index is 11.8. The minimum Gasteiger partial charge on any atom is -0.374 e. The lowest BCUT2D eigenvalue weighted by molar-refractivity contribution is -0.120. The largest absolute Gasteiger partial charge is 0.374 e. The van der Waals surface area contributed by atoms with Gasteiger partial charge in [-0.2, -0.15) is 0 Å². The van der Waals surface area contributed by atoms with Crippen molar-refractivity contribution in [2.24, 2.45) is 5.92 Å². The Bertz CT molecular complexity index is 460. The SMILES string of the molecule is CC(C)CNC(=O)NC(=O)C(C)Nc1ccc(Cl)cc1. The Morgan fingerprint density at radius 3 is 2.30 bits per heavy atom. The average Bonchev–Trinajstić information content (AvgIpc) is 2.39. The van der Waals surface area contributed by atoms with Crippen LogP contribution in [0.25, 0.3) is 0 Å². The Kier molecular flexibility index (Phi) is 6.31. The van der Waals surface area contributed by atoms with Gasteiger partial charge in [0.25, 0.3) is 0 Å². The van der Waals surface area contributed by atoms with Gasteiger partial charge in [0.15, 0.2) is 0 Å². The van der Waals surface area contributed by atoms with E-state index >= 15 is 0 Å². The zero-order valence-corrected chi connectivity index (χ0v) is 12.6. The molecule has 0 aliphatic carbocycles. The summed E-state index contributed by atoms with van der Waals surface area (Å²) in [6, 6.07) is 5.98. The molecule has 1 aromatic carbocycles. The number of carbonyl (C=O) groups excluding carboxylic acids is 2. The van der Waals surface area contributed by atoms with E-state index in [1.54, 1.807) is 31.2 Å². The van der Waals surface area contributed by atoms with Crippen molar-refractivity contribution in [3.8, 4) is 0 Å². The molecular weight excluding hydrogens is 278 g/mol. The number of hydrogen-bond acceptors (Lipinski definition) is 3. The van der Waals surface area contributed by atoms with Gasteiger partial charge in [0.05, 0.1) is 0 Å². The Balaban J connectivity index is 2.42. The lowest BCUT2D eigenvalue weighted by atomic mass is 10.2. The van der Waals surface area contributed by atoms with Gasteiger partial charge in [-0.1, -0.05) is 25.4 Å². The third-order valence-corrected chi connectivity index (χ3v) is 2.78. The molecule has 0 saturated carbocycles. The number of carbonyl (C=O) groups is 2. The summed E-state index contributed by atoms with van der Waals surface area (Å²) in [5.74, 6) is -0.0540. The second-order valence-electron chi connectivity index (χ2n) is 4.97. The molecule has 0 spiro atoms. The minimum absolute atomic E-state index is 0.334. The van der Waals surface area contributed by atoms with Gasteiger partial charge in [-0.15, -0.1) is 0 Å². The van der Waals surface area contributed by atoms with Crippen molar-refractivity contribution in [1.82, 2.24) is 10.6 Å². The number of rotatable bonds is 5. The highest BCUT2D eigenvalue weighted by molar-refractivity contribution is 6.30. The van der Waals surface area contributed by atoms with Gasteiger partial charge >= 0.3 is 6.03 Å². The van der Waals surface area contributed by atoms with Crippen LogP contribution in [-0.4, -0.2) is 24.5 Å². The molecular formula is C14H20ClN3O2. The summed E-state index contributed by atoms with van der Waals surface area (Å²) in [4.78, 5) is 23.3. The molecule has 0 saturated heterocycles. The molecule has 20 heavy (non-hydrogen) atoms. The first kappa shape index (κ1) is 16.3. The lowest BCUT2D eigenvalue weighted by Crippen LogP contribution is -2.46. The highest BCUT2D eigenvalue weighted by atomic mass is 35.5. The van der Waals surface area contributed by atoms with Crippen LogP contribution in [0.15, 0.2) is 24.3 Å². The van der Waals surface area contributed by atoms with Crippen LogP contribution in [0.4, 0.5) is 10.5 Å². The first-order valence-electron chi connectivity index (χ1n) is 6.49. The predicted octanol–water partition coefficient (Wildman–Crippen LogP) is 2.62. The molecule has 0 heterocycles. The molecule has 1 rings (SSSR count). The maximum Gasteiger partial charge on any atom is 0.321 e. The molecule has 0 aromatic heterocycles. The Morgan fingerprint density at radius 1 is 1.15 bits per heavy atom. The lowest BCUT2D eigenvalue weighted by Gasteiger charge is -2.15. The van der Waals surface area contributed by atoms with Gasteiger partial charge in [-0.3, -0.25) is 10.1 Å². The molecule has 3 N–H and O–H groups in total. The van der Waals surface area contributed by atoms with E-state index in [0.29, 0.717) is 17.5 Å². The summed E-state index contributed by atoms with van der Waals surface area (Å²) in [5.41, 5.74) is 0.764. The molecule has 0 aliphatic heterocycles. The van der Waals surface area contributed by atoms with Gasteiger partial charge in [0.2, 0.25) is 5.91 Å². The summed E-state index contributed by atoms with van der Waals surface area (Å²) >= 11 is 5.78. The topological polar surface area (TPSA) is 70.2 Å². The van der Waals surface area contributed by atoms with Gasteiger partial charge in [-0.05, 0) is 37.1 Å². The normalized spacial score (nSPS) is 11.8. The smallest absolute Gasteiger partial charge is 0.321 e. The van der Waals surface area contributed by atoms with E-state index in [9.17, 15) is 9.59 Å². The van der Waals surface area contributed by atoms with E-state index < -0.39 is 12.1 Å². The van der Waals surface area contributed by atoms with Gasteiger partial charge in [0, 0.05) is 17.3 Å². The van der Waals surface area contributed by atoms with Crippen molar-refractivity contribution in [1.29, 1.82) is 0 Å². The number of nitrogens with one attached hydrogen (secondary N) is 3. The van der Waals surface area contributed by atoms with Crippen LogP contribution in [0.1, 0.15) is 20.8 Å². The molecule has 3 amide bonds. The van der Waals surface area contributed by atoms with Gasteiger partial charge in [0.1, 0.15) is 6.04 Å². The fourth-order valence-electron chi connectivity index (χ4n) is 1.42. The van der Waals surface area contributed by atoms with Crippen molar-refractivity contribution in [2.45, 2.75) is 26.8 Å². The van der Waals surface area contributed by atoms with Gasteiger partial charge in [-0.25, -0.2) is 4.79 Å². The molecule has 110 valence electrons. The molecule has 1 aromatic rings. The Hall–Kier alpha value is -1.75. The number of urea groups is 1. The summed E-state index contributed by atoms with van der Waals surface area (Å²) in [7, 11) is 0. The van der Waals surface area contributed by atoms with Gasteiger partial charge < -0.3 is 10.6 Å². The van der Waals surface area contributed by atoms with Crippen LogP contribution >= 0.6 is 11.6 Å². The minimum atomic E-state index is -0.527. The van der Waals surface area contributed by atoms with E-state index in [4.69, 9.17) is 11.6 Å². The summed E-state index contributed by atoms with van der Waals surface area (Å²) in [6.07, 6.45) is 0. The second-order valence-corrected chi connectivity index (χ2v) is 5.40. The van der Waals surface area contributed by atoms with E-state index in [2.05, 4.69) is 16.0 Å². The Morgan fingerprint density at radius 2 is 1.75 bits per heavy atom. The van der Waals surface area contributed by atoms with Crippen molar-refractivity contribution < 1.29 is 9.59 Å². The van der Waals surface area contributed by atoms with E-state index in [1.165, 1.54) is 0 Å². The molecule has 0 radical (unpaired) electrons. The number of imide groups is 1. The van der Waals surface area contributed by atoms with E-state index in [-0.39, 0.29) is 5.91 Å². The van der Waals surface area contributed by atoms with Crippen LogP contribution in [0.2, 0.25) is 5.02 Å². The average molecular weight is 298 g/mol. The maximum absolute atomic E-state index is 11.8. The van der Waals surface area contributed by atoms with Crippen LogP contribution in [0.3, 0.4) is 0 Å². The van der Waals surface area contributed by atoms with Crippen molar-refractivity contribution >= 4 is 29.2 Å². The van der Waals surface area contributed by atoms with Crippen LogP contribution in [0, 0.1) is 5.92 Å². The predicted molar refractivity (Wildman–Crippen MR) is 80.9 cm³/mol. The monoisotopic (exact) mass is 297 g/mol. The fraction of sp³-hybridized carbons (Fsp3) is 0.429. The molecule has 1 unspecified atom stereocenters. The van der Waals surface area contributed by atoms with Crippen molar-refractivity contribution in [3.05, 3.63) is 29.3 Å². The Labute approximate surface area is 124 Å². The first-order valence-corrected chi connectivity index (χ1v) is 6.87. The van der Waals surface area contributed by atoms with E-state index in [1.807, 2.05) is 13.8 Å². The van der Waals surface area contributed by atoms with Crippen molar-refractivity contribution in [3.63, 3.8) is 0 Å². The molecule has 0 aliphatic rings. The third-order valence-electron chi connectivity index (χ3n) is 2.53. The molecule has 6 heteroatoms. The molecule has 0 bridgehead atoms. The molecule has 0 fully saturated rings. The fourth-order valence-corrected chi connectivity index (χ4v) is 1.55. The van der Waals surface area contributed by atoms with Crippen LogP contribution in [-0.2, 0) is 4.79 Å². The highest BCUT2D eigenvalue weighted by Crippen LogP contribution is 2.14. The number of anilines is 1. The van der Waals surface area contributed by atoms with Crippen LogP contribution < -0.4 is 16.0 Å². The molecule has 1 atom stereocenters. The first-order chi connectivity index (χ1) is 9.38. The molecule has 5 nitrogen and oxygen atoms in total. The standard InChI is InChI=1S/C14H20ClN3O2/c1-9(2)8-16-14(20)18-13(19)10(3)17-12-6-4-11(15)5-7-12/h4-7,9-10,17H,8H2,1-3H3,(H2,16,18,19,20). The zero-order chi connectivity index (χ0) is 15.1. The highest BCUT2D eigenvalue weighted by Gasteiger charge is 2.15. The number of benzene rings is 1. The summed E-state index contributed by atoms with van der Waals surface area (Å²) in [6.45, 7) is 6.16. The van der Waals surface area contributed by atoms with Crippen molar-refractivity contribution in [2.75, 3.05) is 11.9 Å². The number of amides is 3. The second kappa shape index (κ2) is 7.75. The zero-order valence-electron chi connectivity index (χ0n) is 11.9. The quantitative estimate of drug-likeness (QED) is 0.782. The van der Waals surface area contributed by atoms with Crippen LogP contribution in [0.5, 0.6) is 0 Å². The number of hydrogen-bond donors (Lipinski definition) is 3.